The van der Waals surface area contributed by atoms with E-state index in [1.807, 2.05) is 6.21 Å². The zero-order valence-electron chi connectivity index (χ0n) is 8.83. The average molecular weight is 168 g/mol. The van der Waals surface area contributed by atoms with Gasteiger partial charge in [0.05, 0.1) is 5.71 Å². The van der Waals surface area contributed by atoms with Crippen LogP contribution in [0.1, 0.15) is 34.6 Å². The van der Waals surface area contributed by atoms with Gasteiger partial charge in [0.25, 0.3) is 0 Å². The molecule has 0 spiro atoms. The molecule has 0 amide bonds. The Hall–Kier alpha value is -0.660. The van der Waals surface area contributed by atoms with Gasteiger partial charge in [-0.3, -0.25) is 9.98 Å². The van der Waals surface area contributed by atoms with Crippen LogP contribution >= 0.6 is 0 Å². The van der Waals surface area contributed by atoms with E-state index in [0.717, 1.165) is 11.6 Å². The Balaban J connectivity index is 0.000000261. The number of rotatable bonds is 1. The molecule has 1 rings (SSSR count). The number of aliphatic imine (C=N–C) groups is 2. The lowest BCUT2D eigenvalue weighted by Gasteiger charge is -1.96. The third-order valence-corrected chi connectivity index (χ3v) is 1.15. The van der Waals surface area contributed by atoms with E-state index in [-0.39, 0.29) is 0 Å². The van der Waals surface area contributed by atoms with Gasteiger partial charge in [0.15, 0.2) is 0 Å². The Labute approximate surface area is 75.8 Å². The molecular weight excluding hydrogens is 148 g/mol. The second-order valence-electron chi connectivity index (χ2n) is 3.92. The molecule has 0 N–H and O–H groups in total. The number of hydrogen-bond acceptors (Lipinski definition) is 2. The van der Waals surface area contributed by atoms with E-state index in [0.29, 0.717) is 12.6 Å². The minimum atomic E-state index is 0.543. The van der Waals surface area contributed by atoms with Crippen LogP contribution in [0.15, 0.2) is 9.98 Å². The second kappa shape index (κ2) is 5.92. The molecule has 0 radical (unpaired) electrons. The Kier molecular flexibility index (Phi) is 5.60. The summed E-state index contributed by atoms with van der Waals surface area (Å²) in [6, 6.07) is 0. The van der Waals surface area contributed by atoms with Crippen LogP contribution in [-0.4, -0.2) is 18.6 Å². The summed E-state index contributed by atoms with van der Waals surface area (Å²) in [6.07, 6.45) is 1.85. The summed E-state index contributed by atoms with van der Waals surface area (Å²) in [5, 5.41) is 0. The summed E-state index contributed by atoms with van der Waals surface area (Å²) >= 11 is 0. The summed E-state index contributed by atoms with van der Waals surface area (Å²) in [5.41, 5.74) is 1.13. The van der Waals surface area contributed by atoms with Gasteiger partial charge >= 0.3 is 0 Å². The molecule has 70 valence electrons. The Bertz CT molecular complexity index is 164. The van der Waals surface area contributed by atoms with E-state index in [1.54, 1.807) is 0 Å². The molecule has 0 aliphatic carbocycles. The number of hydrogen-bond donors (Lipinski definition) is 0. The maximum Gasteiger partial charge on any atom is 0.129 e. The molecule has 2 heteroatoms. The fourth-order valence-electron chi connectivity index (χ4n) is 0.629. The van der Waals surface area contributed by atoms with Crippen molar-refractivity contribution >= 4 is 11.9 Å². The molecule has 0 atom stereocenters. The highest BCUT2D eigenvalue weighted by Gasteiger charge is 2.03. The molecule has 0 saturated carbocycles. The van der Waals surface area contributed by atoms with Crippen molar-refractivity contribution in [2.45, 2.75) is 34.6 Å². The van der Waals surface area contributed by atoms with E-state index >= 15 is 0 Å². The summed E-state index contributed by atoms with van der Waals surface area (Å²) in [6.45, 7) is 11.4. The summed E-state index contributed by atoms with van der Waals surface area (Å²) in [4.78, 5) is 8.09. The van der Waals surface area contributed by atoms with Crippen molar-refractivity contribution in [1.82, 2.24) is 0 Å². The maximum absolute atomic E-state index is 4.13. The summed E-state index contributed by atoms with van der Waals surface area (Å²) in [5.74, 6) is 1.38. The van der Waals surface area contributed by atoms with Crippen molar-refractivity contribution in [2.24, 2.45) is 21.8 Å². The smallest absolute Gasteiger partial charge is 0.129 e. The molecule has 0 aromatic rings. The SMILES string of the molecule is CC(C)C.CC(C)C1=NCN=C1. The summed E-state index contributed by atoms with van der Waals surface area (Å²) < 4.78 is 0. The van der Waals surface area contributed by atoms with Crippen LogP contribution in [0.5, 0.6) is 0 Å². The lowest BCUT2D eigenvalue weighted by atomic mass is 10.1. The maximum atomic E-state index is 4.13. The van der Waals surface area contributed by atoms with Crippen molar-refractivity contribution in [3.8, 4) is 0 Å². The van der Waals surface area contributed by atoms with Gasteiger partial charge in [-0.2, -0.15) is 0 Å². The minimum Gasteiger partial charge on any atom is -0.268 e. The third kappa shape index (κ3) is 6.08. The minimum absolute atomic E-state index is 0.543. The van der Waals surface area contributed by atoms with E-state index in [4.69, 9.17) is 0 Å². The highest BCUT2D eigenvalue weighted by atomic mass is 15.0. The van der Waals surface area contributed by atoms with Gasteiger partial charge in [0.1, 0.15) is 6.67 Å². The number of nitrogens with zero attached hydrogens (tertiary/aromatic N) is 2. The normalized spacial score (nSPS) is 14.8. The summed E-state index contributed by atoms with van der Waals surface area (Å²) in [7, 11) is 0. The topological polar surface area (TPSA) is 24.7 Å². The fourth-order valence-corrected chi connectivity index (χ4v) is 0.629. The van der Waals surface area contributed by atoms with Crippen molar-refractivity contribution < 1.29 is 0 Å². The quantitative estimate of drug-likeness (QED) is 0.575. The van der Waals surface area contributed by atoms with E-state index in [2.05, 4.69) is 44.6 Å². The predicted molar refractivity (Wildman–Crippen MR) is 56.1 cm³/mol. The molecule has 1 aliphatic rings. The largest absolute Gasteiger partial charge is 0.268 e. The van der Waals surface area contributed by atoms with Gasteiger partial charge in [0, 0.05) is 6.21 Å². The van der Waals surface area contributed by atoms with Crippen LogP contribution < -0.4 is 0 Å². The first-order chi connectivity index (χ1) is 5.54. The zero-order chi connectivity index (χ0) is 9.56. The van der Waals surface area contributed by atoms with Crippen molar-refractivity contribution in [3.05, 3.63) is 0 Å². The Morgan fingerprint density at radius 2 is 1.67 bits per heavy atom. The Morgan fingerprint density at radius 1 is 1.17 bits per heavy atom. The van der Waals surface area contributed by atoms with Crippen LogP contribution in [0.4, 0.5) is 0 Å². The van der Waals surface area contributed by atoms with Crippen LogP contribution in [0.25, 0.3) is 0 Å². The fraction of sp³-hybridized carbons (Fsp3) is 0.800. The van der Waals surface area contributed by atoms with Crippen molar-refractivity contribution in [1.29, 1.82) is 0 Å². The zero-order valence-corrected chi connectivity index (χ0v) is 8.83. The molecule has 0 bridgehead atoms. The monoisotopic (exact) mass is 168 g/mol. The first-order valence-corrected chi connectivity index (χ1v) is 4.58. The van der Waals surface area contributed by atoms with Gasteiger partial charge in [0.2, 0.25) is 0 Å². The van der Waals surface area contributed by atoms with Crippen LogP contribution in [0.3, 0.4) is 0 Å². The molecule has 0 saturated heterocycles. The first kappa shape index (κ1) is 11.3. The lowest BCUT2D eigenvalue weighted by molar-refractivity contribution is 0.737. The van der Waals surface area contributed by atoms with Gasteiger partial charge in [-0.15, -0.1) is 0 Å². The molecule has 1 aliphatic heterocycles. The molecule has 0 unspecified atom stereocenters. The second-order valence-corrected chi connectivity index (χ2v) is 3.92. The molecular formula is C10H20N2. The molecule has 0 fully saturated rings. The van der Waals surface area contributed by atoms with E-state index < -0.39 is 0 Å². The highest BCUT2D eigenvalue weighted by molar-refractivity contribution is 6.32. The van der Waals surface area contributed by atoms with Crippen LogP contribution in [0.2, 0.25) is 0 Å². The molecule has 12 heavy (non-hydrogen) atoms. The van der Waals surface area contributed by atoms with Gasteiger partial charge in [-0.25, -0.2) is 0 Å². The van der Waals surface area contributed by atoms with Gasteiger partial charge in [-0.05, 0) is 11.8 Å². The molecule has 0 aromatic heterocycles. The van der Waals surface area contributed by atoms with Gasteiger partial charge in [-0.1, -0.05) is 34.6 Å². The van der Waals surface area contributed by atoms with Crippen molar-refractivity contribution in [2.75, 3.05) is 6.67 Å². The van der Waals surface area contributed by atoms with E-state index in [9.17, 15) is 0 Å². The molecule has 1 heterocycles. The molecule has 2 nitrogen and oxygen atoms in total. The Morgan fingerprint density at radius 3 is 1.83 bits per heavy atom. The lowest BCUT2D eigenvalue weighted by Crippen LogP contribution is -2.05. The van der Waals surface area contributed by atoms with Crippen LogP contribution in [-0.2, 0) is 0 Å². The van der Waals surface area contributed by atoms with Crippen LogP contribution in [0, 0.1) is 11.8 Å². The first-order valence-electron chi connectivity index (χ1n) is 4.58. The molecule has 0 aromatic carbocycles. The third-order valence-electron chi connectivity index (χ3n) is 1.15. The van der Waals surface area contributed by atoms with Crippen molar-refractivity contribution in [3.63, 3.8) is 0 Å². The van der Waals surface area contributed by atoms with Gasteiger partial charge < -0.3 is 0 Å². The standard InChI is InChI=1S/C6H10N2.C4H10/c1-5(2)6-3-7-4-8-6;1-4(2)3/h3,5H,4H2,1-2H3;4H,1-3H3. The van der Waals surface area contributed by atoms with E-state index in [1.165, 1.54) is 0 Å². The predicted octanol–water partition coefficient (Wildman–Crippen LogP) is 2.79. The highest BCUT2D eigenvalue weighted by Crippen LogP contribution is 1.98. The average Bonchev–Trinajstić information content (AvgIpc) is 2.34.